The van der Waals surface area contributed by atoms with Crippen LogP contribution in [0.2, 0.25) is 0 Å². The molecule has 78 valence electrons. The molecule has 1 fully saturated rings. The van der Waals surface area contributed by atoms with Crippen LogP contribution in [0.5, 0.6) is 0 Å². The standard InChI is InChI=1S/C11H10NO2.BrH/c13-10-8-4-1-2-5-9(8)11(14)12(10)6-3-7-12;/h1-2,4-5H,3,6-7H2;1H/q+1;/p-1. The van der Waals surface area contributed by atoms with Gasteiger partial charge in [-0.1, -0.05) is 12.1 Å². The van der Waals surface area contributed by atoms with Gasteiger partial charge in [0.1, 0.15) is 0 Å². The van der Waals surface area contributed by atoms with Crippen LogP contribution in [-0.4, -0.2) is 29.4 Å². The van der Waals surface area contributed by atoms with Gasteiger partial charge in [0.2, 0.25) is 0 Å². The number of fused-ring (bicyclic) bond motifs is 1. The van der Waals surface area contributed by atoms with E-state index >= 15 is 0 Å². The van der Waals surface area contributed by atoms with Crippen LogP contribution in [0.1, 0.15) is 27.1 Å². The average molecular weight is 268 g/mol. The fourth-order valence-electron chi connectivity index (χ4n) is 2.29. The molecular weight excluding hydrogens is 258 g/mol. The highest BCUT2D eigenvalue weighted by atomic mass is 79.9. The fraction of sp³-hybridized carbons (Fsp3) is 0.273. The Morgan fingerprint density at radius 3 is 1.73 bits per heavy atom. The first-order chi connectivity index (χ1) is 6.76. The van der Waals surface area contributed by atoms with Gasteiger partial charge < -0.3 is 17.0 Å². The summed E-state index contributed by atoms with van der Waals surface area (Å²) < 4.78 is 0.0549. The summed E-state index contributed by atoms with van der Waals surface area (Å²) in [4.78, 5) is 23.9. The third-order valence-electron chi connectivity index (χ3n) is 3.25. The summed E-state index contributed by atoms with van der Waals surface area (Å²) in [6.07, 6.45) is 0.978. The summed E-state index contributed by atoms with van der Waals surface area (Å²) in [7, 11) is 0. The van der Waals surface area contributed by atoms with Gasteiger partial charge in [0.15, 0.2) is 0 Å². The highest BCUT2D eigenvalue weighted by Gasteiger charge is 2.57. The minimum absolute atomic E-state index is 0. The molecule has 0 radical (unpaired) electrons. The second-order valence-electron chi connectivity index (χ2n) is 3.92. The summed E-state index contributed by atoms with van der Waals surface area (Å²) in [5, 5.41) is 0. The molecule has 2 aliphatic heterocycles. The number of halogens is 1. The lowest BCUT2D eigenvalue weighted by Crippen LogP contribution is -3.00. The van der Waals surface area contributed by atoms with Gasteiger partial charge in [-0.2, -0.15) is 4.48 Å². The summed E-state index contributed by atoms with van der Waals surface area (Å²) in [6.45, 7) is 1.37. The molecule has 2 aliphatic rings. The maximum absolute atomic E-state index is 12.0. The van der Waals surface area contributed by atoms with Crippen LogP contribution in [0.3, 0.4) is 0 Å². The molecule has 0 aromatic heterocycles. The highest BCUT2D eigenvalue weighted by Crippen LogP contribution is 2.35. The van der Waals surface area contributed by atoms with E-state index in [0.717, 1.165) is 6.42 Å². The predicted octanol–water partition coefficient (Wildman–Crippen LogP) is -1.79. The van der Waals surface area contributed by atoms with Crippen molar-refractivity contribution in [3.05, 3.63) is 35.4 Å². The van der Waals surface area contributed by atoms with Crippen molar-refractivity contribution < 1.29 is 31.1 Å². The van der Waals surface area contributed by atoms with Crippen LogP contribution in [0.15, 0.2) is 24.3 Å². The number of nitrogens with zero attached hydrogens (tertiary/aromatic N) is 1. The summed E-state index contributed by atoms with van der Waals surface area (Å²) in [5.74, 6) is -0.00583. The number of rotatable bonds is 0. The smallest absolute Gasteiger partial charge is 0.354 e. The van der Waals surface area contributed by atoms with E-state index in [2.05, 4.69) is 0 Å². The van der Waals surface area contributed by atoms with Crippen molar-refractivity contribution >= 4 is 11.8 Å². The van der Waals surface area contributed by atoms with E-state index in [1.165, 1.54) is 0 Å². The van der Waals surface area contributed by atoms with Gasteiger partial charge in [-0.25, -0.2) is 9.59 Å². The van der Waals surface area contributed by atoms with E-state index in [-0.39, 0.29) is 33.3 Å². The Hall–Kier alpha value is -1.00. The van der Waals surface area contributed by atoms with Crippen LogP contribution in [0.4, 0.5) is 0 Å². The van der Waals surface area contributed by atoms with Crippen molar-refractivity contribution in [2.24, 2.45) is 0 Å². The molecule has 2 amide bonds. The van der Waals surface area contributed by atoms with Crippen LogP contribution < -0.4 is 17.0 Å². The maximum Gasteiger partial charge on any atom is 0.354 e. The lowest BCUT2D eigenvalue weighted by atomic mass is 10.1. The largest absolute Gasteiger partial charge is 1.00 e. The maximum atomic E-state index is 12.0. The Morgan fingerprint density at radius 1 is 0.933 bits per heavy atom. The van der Waals surface area contributed by atoms with E-state index in [0.29, 0.717) is 24.2 Å². The van der Waals surface area contributed by atoms with Gasteiger partial charge in [-0.05, 0) is 12.1 Å². The van der Waals surface area contributed by atoms with Gasteiger partial charge in [0.05, 0.1) is 24.2 Å². The van der Waals surface area contributed by atoms with E-state index < -0.39 is 0 Å². The minimum Gasteiger partial charge on any atom is -1.00 e. The molecular formula is C11H10BrNO2. The quantitative estimate of drug-likeness (QED) is 0.411. The van der Waals surface area contributed by atoms with Crippen molar-refractivity contribution in [2.45, 2.75) is 6.42 Å². The summed E-state index contributed by atoms with van der Waals surface area (Å²) in [6, 6.07) is 7.12. The Kier molecular flexibility index (Phi) is 2.28. The number of carbonyl (C=O) groups excluding carboxylic acids is 2. The Balaban J connectivity index is 0.000000853. The fourth-order valence-corrected chi connectivity index (χ4v) is 2.29. The summed E-state index contributed by atoms with van der Waals surface area (Å²) >= 11 is 0. The Bertz CT molecular complexity index is 415. The molecule has 2 heterocycles. The predicted molar refractivity (Wildman–Crippen MR) is 49.7 cm³/mol. The average Bonchev–Trinajstić information content (AvgIpc) is 2.37. The number of quaternary nitrogens is 1. The van der Waals surface area contributed by atoms with Gasteiger partial charge >= 0.3 is 11.8 Å². The lowest BCUT2D eigenvalue weighted by molar-refractivity contribution is -0.806. The number of hydrogen-bond acceptors (Lipinski definition) is 2. The highest BCUT2D eigenvalue weighted by molar-refractivity contribution is 6.14. The normalized spacial score (nSPS) is 20.8. The van der Waals surface area contributed by atoms with Crippen molar-refractivity contribution in [1.29, 1.82) is 0 Å². The molecule has 1 aromatic rings. The van der Waals surface area contributed by atoms with E-state index in [9.17, 15) is 9.59 Å². The number of amides is 2. The van der Waals surface area contributed by atoms with Crippen molar-refractivity contribution in [3.63, 3.8) is 0 Å². The molecule has 0 unspecified atom stereocenters. The number of hydrogen-bond donors (Lipinski definition) is 0. The first-order valence-corrected chi connectivity index (χ1v) is 4.82. The molecule has 3 nitrogen and oxygen atoms in total. The second-order valence-corrected chi connectivity index (χ2v) is 3.92. The second kappa shape index (κ2) is 3.25. The topological polar surface area (TPSA) is 34.1 Å². The molecule has 1 saturated heterocycles. The van der Waals surface area contributed by atoms with E-state index in [1.54, 1.807) is 12.1 Å². The zero-order valence-electron chi connectivity index (χ0n) is 8.07. The molecule has 4 heteroatoms. The number of imide groups is 1. The van der Waals surface area contributed by atoms with Crippen molar-refractivity contribution in [2.75, 3.05) is 13.1 Å². The number of benzene rings is 1. The van der Waals surface area contributed by atoms with E-state index in [4.69, 9.17) is 0 Å². The first-order valence-electron chi connectivity index (χ1n) is 4.82. The molecule has 0 atom stereocenters. The van der Waals surface area contributed by atoms with Gasteiger partial charge in [0.25, 0.3) is 0 Å². The van der Waals surface area contributed by atoms with Crippen LogP contribution >= 0.6 is 0 Å². The third kappa shape index (κ3) is 1.09. The van der Waals surface area contributed by atoms with Crippen molar-refractivity contribution in [1.82, 2.24) is 0 Å². The Morgan fingerprint density at radius 2 is 1.40 bits per heavy atom. The molecule has 0 saturated carbocycles. The van der Waals surface area contributed by atoms with Gasteiger partial charge in [-0.15, -0.1) is 0 Å². The first kappa shape index (κ1) is 10.5. The van der Waals surface area contributed by atoms with Gasteiger partial charge in [-0.3, -0.25) is 0 Å². The zero-order valence-corrected chi connectivity index (χ0v) is 9.66. The van der Waals surface area contributed by atoms with Crippen LogP contribution in [0, 0.1) is 0 Å². The van der Waals surface area contributed by atoms with Crippen LogP contribution in [-0.2, 0) is 0 Å². The lowest BCUT2D eigenvalue weighted by Gasteiger charge is -2.36. The molecule has 15 heavy (non-hydrogen) atoms. The zero-order chi connectivity index (χ0) is 9.76. The SMILES string of the molecule is O=C1c2ccccc2C(=O)[N+]12CCC2.[Br-]. The monoisotopic (exact) mass is 267 g/mol. The molecule has 0 bridgehead atoms. The molecule has 1 spiro atoms. The van der Waals surface area contributed by atoms with E-state index in [1.807, 2.05) is 12.1 Å². The van der Waals surface area contributed by atoms with Crippen molar-refractivity contribution in [3.8, 4) is 0 Å². The molecule has 0 aliphatic carbocycles. The molecule has 3 rings (SSSR count). The molecule has 1 aromatic carbocycles. The number of carbonyl (C=O) groups is 2. The minimum atomic E-state index is -0.00292. The Labute approximate surface area is 98.1 Å². The van der Waals surface area contributed by atoms with Crippen LogP contribution in [0.25, 0.3) is 0 Å². The summed E-state index contributed by atoms with van der Waals surface area (Å²) in [5.41, 5.74) is 1.22. The van der Waals surface area contributed by atoms with Gasteiger partial charge in [0, 0.05) is 6.42 Å². The third-order valence-corrected chi connectivity index (χ3v) is 3.25. The molecule has 0 N–H and O–H groups in total.